The van der Waals surface area contributed by atoms with Crippen LogP contribution in [0.1, 0.15) is 34.3 Å². The molecule has 1 aliphatic carbocycles. The Labute approximate surface area is 194 Å². The second kappa shape index (κ2) is 8.78. The van der Waals surface area contributed by atoms with Gasteiger partial charge in [0.1, 0.15) is 12.1 Å². The third kappa shape index (κ3) is 4.71. The van der Waals surface area contributed by atoms with Gasteiger partial charge >= 0.3 is 6.18 Å². The van der Waals surface area contributed by atoms with E-state index < -0.39 is 23.2 Å². The van der Waals surface area contributed by atoms with E-state index in [4.69, 9.17) is 0 Å². The topological polar surface area (TPSA) is 66.9 Å². The lowest BCUT2D eigenvalue weighted by atomic mass is 10.0. The second-order valence-electron chi connectivity index (χ2n) is 8.30. The fraction of sp³-hybridized carbons (Fsp3) is 0.192. The number of aromatic nitrogens is 2. The molecule has 4 aromatic rings. The summed E-state index contributed by atoms with van der Waals surface area (Å²) in [4.78, 5) is 21.2. The number of benzene rings is 3. The van der Waals surface area contributed by atoms with Gasteiger partial charge in [-0.2, -0.15) is 13.2 Å². The summed E-state index contributed by atoms with van der Waals surface area (Å²) in [5.41, 5.74) is 2.15. The molecule has 1 saturated carbocycles. The molecule has 34 heavy (non-hydrogen) atoms. The van der Waals surface area contributed by atoms with Gasteiger partial charge in [0.2, 0.25) is 0 Å². The Hall–Kier alpha value is -3.94. The van der Waals surface area contributed by atoms with Gasteiger partial charge in [-0.3, -0.25) is 4.79 Å². The molecule has 2 N–H and O–H groups in total. The van der Waals surface area contributed by atoms with Gasteiger partial charge in [-0.05, 0) is 59.9 Å². The number of rotatable bonds is 6. The number of carbonyl (C=O) groups excluding carboxylic acids is 1. The minimum atomic E-state index is -4.60. The first kappa shape index (κ1) is 21.9. The Balaban J connectivity index is 1.36. The van der Waals surface area contributed by atoms with Crippen molar-refractivity contribution in [2.75, 3.05) is 5.32 Å². The third-order valence-corrected chi connectivity index (χ3v) is 5.74. The van der Waals surface area contributed by atoms with Crippen LogP contribution < -0.4 is 10.6 Å². The average Bonchev–Trinajstić information content (AvgIpc) is 3.66. The molecule has 1 fully saturated rings. The normalized spacial score (nSPS) is 13.6. The van der Waals surface area contributed by atoms with Crippen LogP contribution in [0.5, 0.6) is 0 Å². The number of hydrogen-bond donors (Lipinski definition) is 2. The molecule has 0 unspecified atom stereocenters. The third-order valence-electron chi connectivity index (χ3n) is 5.74. The predicted octanol–water partition coefficient (Wildman–Crippen LogP) is 5.82. The second-order valence-corrected chi connectivity index (χ2v) is 8.30. The van der Waals surface area contributed by atoms with Gasteiger partial charge in [0.25, 0.3) is 5.91 Å². The summed E-state index contributed by atoms with van der Waals surface area (Å²) in [5.74, 6) is 0.0399. The maximum Gasteiger partial charge on any atom is 0.417 e. The summed E-state index contributed by atoms with van der Waals surface area (Å²) in [6, 6.07) is 18.7. The minimum Gasteiger partial charge on any atom is -0.367 e. The van der Waals surface area contributed by atoms with Gasteiger partial charge in [-0.1, -0.05) is 36.4 Å². The zero-order valence-corrected chi connectivity index (χ0v) is 18.1. The van der Waals surface area contributed by atoms with Crippen molar-refractivity contribution in [1.82, 2.24) is 15.3 Å². The number of carbonyl (C=O) groups is 1. The van der Waals surface area contributed by atoms with Crippen LogP contribution in [0.15, 0.2) is 73.1 Å². The van der Waals surface area contributed by atoms with E-state index in [-0.39, 0.29) is 6.54 Å². The lowest BCUT2D eigenvalue weighted by Gasteiger charge is -2.13. The van der Waals surface area contributed by atoms with E-state index in [0.29, 0.717) is 6.04 Å². The predicted molar refractivity (Wildman–Crippen MR) is 124 cm³/mol. The van der Waals surface area contributed by atoms with Crippen LogP contribution in [-0.4, -0.2) is 21.9 Å². The number of amides is 1. The number of nitrogens with zero attached hydrogens (tertiary/aromatic N) is 2. The quantitative estimate of drug-likeness (QED) is 0.379. The molecule has 172 valence electrons. The Kier molecular flexibility index (Phi) is 5.65. The molecule has 1 amide bonds. The van der Waals surface area contributed by atoms with Crippen LogP contribution in [0.2, 0.25) is 0 Å². The summed E-state index contributed by atoms with van der Waals surface area (Å²) in [7, 11) is 0. The Morgan fingerprint density at radius 2 is 1.74 bits per heavy atom. The summed E-state index contributed by atoms with van der Waals surface area (Å²) in [6.07, 6.45) is -0.785. The average molecular weight is 462 g/mol. The fourth-order valence-electron chi connectivity index (χ4n) is 3.84. The zero-order valence-electron chi connectivity index (χ0n) is 18.1. The van der Waals surface area contributed by atoms with Crippen molar-refractivity contribution in [1.29, 1.82) is 0 Å². The molecule has 0 saturated heterocycles. The van der Waals surface area contributed by atoms with Crippen LogP contribution in [0.25, 0.3) is 22.0 Å². The maximum atomic E-state index is 13.2. The minimum absolute atomic E-state index is 0.101. The SMILES string of the molecule is O=C(NCc1cccc(-c2ccc3ncnc(NC4CC4)c3c2)c1)c1ccccc1C(F)(F)F. The van der Waals surface area contributed by atoms with Crippen molar-refractivity contribution < 1.29 is 18.0 Å². The lowest BCUT2D eigenvalue weighted by molar-refractivity contribution is -0.137. The smallest absolute Gasteiger partial charge is 0.367 e. The summed E-state index contributed by atoms with van der Waals surface area (Å²) >= 11 is 0. The molecule has 1 heterocycles. The van der Waals surface area contributed by atoms with E-state index in [0.717, 1.165) is 52.3 Å². The van der Waals surface area contributed by atoms with Crippen molar-refractivity contribution in [3.05, 3.63) is 89.7 Å². The number of alkyl halides is 3. The van der Waals surface area contributed by atoms with Crippen LogP contribution in [0, 0.1) is 0 Å². The fourth-order valence-corrected chi connectivity index (χ4v) is 3.84. The molecule has 0 spiro atoms. The highest BCUT2D eigenvalue weighted by Crippen LogP contribution is 2.32. The van der Waals surface area contributed by atoms with Crippen molar-refractivity contribution in [2.45, 2.75) is 31.6 Å². The van der Waals surface area contributed by atoms with Crippen LogP contribution in [0.3, 0.4) is 0 Å². The first-order chi connectivity index (χ1) is 16.4. The van der Waals surface area contributed by atoms with Gasteiger partial charge < -0.3 is 10.6 Å². The number of fused-ring (bicyclic) bond motifs is 1. The molecule has 0 radical (unpaired) electrons. The van der Waals surface area contributed by atoms with Crippen LogP contribution >= 0.6 is 0 Å². The van der Waals surface area contributed by atoms with Crippen LogP contribution in [-0.2, 0) is 12.7 Å². The molecule has 5 rings (SSSR count). The number of nitrogens with one attached hydrogen (secondary N) is 2. The van der Waals surface area contributed by atoms with E-state index in [2.05, 4.69) is 20.6 Å². The molecule has 1 aromatic heterocycles. The highest BCUT2D eigenvalue weighted by Gasteiger charge is 2.34. The molecule has 3 aromatic carbocycles. The zero-order chi connectivity index (χ0) is 23.7. The molecule has 5 nitrogen and oxygen atoms in total. The molecule has 0 aliphatic heterocycles. The van der Waals surface area contributed by atoms with Crippen molar-refractivity contribution in [2.24, 2.45) is 0 Å². The van der Waals surface area contributed by atoms with Gasteiger partial charge in [0.05, 0.1) is 16.6 Å². The largest absolute Gasteiger partial charge is 0.417 e. The molecule has 0 atom stereocenters. The van der Waals surface area contributed by atoms with Crippen molar-refractivity contribution >= 4 is 22.6 Å². The Morgan fingerprint density at radius 3 is 2.53 bits per heavy atom. The van der Waals surface area contributed by atoms with E-state index in [1.54, 1.807) is 6.33 Å². The van der Waals surface area contributed by atoms with Crippen LogP contribution in [0.4, 0.5) is 19.0 Å². The molecule has 1 aliphatic rings. The van der Waals surface area contributed by atoms with Gasteiger partial charge in [-0.25, -0.2) is 9.97 Å². The summed E-state index contributed by atoms with van der Waals surface area (Å²) in [5, 5.41) is 6.96. The van der Waals surface area contributed by atoms with Gasteiger partial charge in [0.15, 0.2) is 0 Å². The van der Waals surface area contributed by atoms with Crippen molar-refractivity contribution in [3.63, 3.8) is 0 Å². The standard InChI is InChI=1S/C26H21F3N4O/c27-26(28,29)22-7-2-1-6-20(22)25(34)30-14-16-4-3-5-17(12-16)18-8-11-23-21(13-18)24(32-15-31-23)33-19-9-10-19/h1-8,11-13,15,19H,9-10,14H2,(H,30,34)(H,31,32,33). The lowest BCUT2D eigenvalue weighted by Crippen LogP contribution is -2.25. The number of anilines is 1. The highest BCUT2D eigenvalue weighted by atomic mass is 19.4. The first-order valence-corrected chi connectivity index (χ1v) is 10.9. The summed E-state index contributed by atoms with van der Waals surface area (Å²) in [6.45, 7) is 0.101. The maximum absolute atomic E-state index is 13.2. The van der Waals surface area contributed by atoms with Gasteiger partial charge in [-0.15, -0.1) is 0 Å². The van der Waals surface area contributed by atoms with Crippen molar-refractivity contribution in [3.8, 4) is 11.1 Å². The Morgan fingerprint density at radius 1 is 0.941 bits per heavy atom. The van der Waals surface area contributed by atoms with Gasteiger partial charge in [0, 0.05) is 18.0 Å². The molecule has 0 bridgehead atoms. The highest BCUT2D eigenvalue weighted by molar-refractivity contribution is 5.96. The molecular formula is C26H21F3N4O. The van der Waals surface area contributed by atoms with E-state index in [9.17, 15) is 18.0 Å². The molecule has 8 heteroatoms. The Bertz CT molecular complexity index is 1370. The van der Waals surface area contributed by atoms with E-state index >= 15 is 0 Å². The number of hydrogen-bond acceptors (Lipinski definition) is 4. The summed E-state index contributed by atoms with van der Waals surface area (Å²) < 4.78 is 39.7. The van der Waals surface area contributed by atoms with E-state index in [1.165, 1.54) is 18.2 Å². The number of halogens is 3. The van der Waals surface area contributed by atoms with E-state index in [1.807, 2.05) is 42.5 Å². The monoisotopic (exact) mass is 462 g/mol. The first-order valence-electron chi connectivity index (χ1n) is 10.9. The molecular weight excluding hydrogens is 441 g/mol.